The third kappa shape index (κ3) is 3.61. The molecule has 0 saturated carbocycles. The summed E-state index contributed by atoms with van der Waals surface area (Å²) in [5.41, 5.74) is 1.66. The zero-order valence-electron chi connectivity index (χ0n) is 16.4. The van der Waals surface area contributed by atoms with Gasteiger partial charge in [-0.3, -0.25) is 4.90 Å². The number of fused-ring (bicyclic) bond motifs is 3. The fraction of sp³-hybridized carbons (Fsp3) is 0.714. The molecule has 4 rings (SSSR count). The highest BCUT2D eigenvalue weighted by Crippen LogP contribution is 2.44. The van der Waals surface area contributed by atoms with Crippen molar-refractivity contribution in [2.45, 2.75) is 37.6 Å². The Balaban J connectivity index is 1.57. The molecule has 0 aliphatic carbocycles. The Morgan fingerprint density at radius 1 is 1.22 bits per heavy atom. The van der Waals surface area contributed by atoms with Crippen molar-refractivity contribution in [3.63, 3.8) is 0 Å². The Bertz CT molecular complexity index is 653. The first-order chi connectivity index (χ1) is 13.2. The molecule has 0 amide bonds. The largest absolute Gasteiger partial charge is 0.496 e. The molecule has 3 saturated heterocycles. The lowest BCUT2D eigenvalue weighted by atomic mass is 9.66. The predicted molar refractivity (Wildman–Crippen MR) is 101 cm³/mol. The summed E-state index contributed by atoms with van der Waals surface area (Å²) in [4.78, 5) is 2.53. The number of methoxy groups -OCH3 is 2. The van der Waals surface area contributed by atoms with Crippen LogP contribution in [0.2, 0.25) is 0 Å². The molecule has 0 spiro atoms. The molecule has 0 bridgehead atoms. The van der Waals surface area contributed by atoms with Crippen molar-refractivity contribution in [3.05, 3.63) is 29.3 Å². The van der Waals surface area contributed by atoms with Crippen LogP contribution in [0.5, 0.6) is 5.75 Å². The lowest BCUT2D eigenvalue weighted by Gasteiger charge is -2.57. The van der Waals surface area contributed by atoms with Crippen LogP contribution in [0.15, 0.2) is 18.2 Å². The van der Waals surface area contributed by atoms with E-state index in [1.807, 2.05) is 6.07 Å². The summed E-state index contributed by atoms with van der Waals surface area (Å²) >= 11 is 0. The van der Waals surface area contributed by atoms with E-state index in [4.69, 9.17) is 18.9 Å². The molecule has 1 aromatic rings. The lowest BCUT2D eigenvalue weighted by Crippen LogP contribution is -2.67. The van der Waals surface area contributed by atoms with Gasteiger partial charge in [0.05, 0.1) is 32.5 Å². The average Bonchev–Trinajstić information content (AvgIpc) is 2.69. The summed E-state index contributed by atoms with van der Waals surface area (Å²) in [7, 11) is 3.39. The maximum atomic E-state index is 11.4. The fourth-order valence-electron chi connectivity index (χ4n) is 5.18. The number of aliphatic hydroxyl groups is 1. The first-order valence-corrected chi connectivity index (χ1v) is 9.92. The molecule has 3 fully saturated rings. The van der Waals surface area contributed by atoms with Crippen LogP contribution in [0, 0.1) is 11.8 Å². The van der Waals surface area contributed by atoms with Crippen LogP contribution in [0.1, 0.15) is 24.0 Å². The Morgan fingerprint density at radius 2 is 2.07 bits per heavy atom. The highest BCUT2D eigenvalue weighted by Gasteiger charge is 2.55. The summed E-state index contributed by atoms with van der Waals surface area (Å²) in [6, 6.07) is 6.68. The van der Waals surface area contributed by atoms with E-state index in [1.54, 1.807) is 14.2 Å². The number of nitrogens with zero attached hydrogens (tertiary/aromatic N) is 1. The van der Waals surface area contributed by atoms with Crippen molar-refractivity contribution in [3.8, 4) is 5.75 Å². The highest BCUT2D eigenvalue weighted by atomic mass is 16.5. The molecule has 0 radical (unpaired) electrons. The van der Waals surface area contributed by atoms with E-state index in [0.29, 0.717) is 32.5 Å². The monoisotopic (exact) mass is 377 g/mol. The number of piperidine rings is 1. The van der Waals surface area contributed by atoms with Crippen molar-refractivity contribution in [1.29, 1.82) is 0 Å². The van der Waals surface area contributed by atoms with E-state index in [1.165, 1.54) is 5.56 Å². The van der Waals surface area contributed by atoms with Crippen molar-refractivity contribution in [2.75, 3.05) is 47.2 Å². The van der Waals surface area contributed by atoms with Gasteiger partial charge in [-0.05, 0) is 24.1 Å². The summed E-state index contributed by atoms with van der Waals surface area (Å²) in [5.74, 6) is 1.16. The summed E-state index contributed by atoms with van der Waals surface area (Å²) in [5, 5.41) is 11.4. The van der Waals surface area contributed by atoms with Crippen molar-refractivity contribution < 1.29 is 24.1 Å². The van der Waals surface area contributed by atoms with Gasteiger partial charge in [-0.15, -0.1) is 0 Å². The quantitative estimate of drug-likeness (QED) is 0.845. The minimum Gasteiger partial charge on any atom is -0.496 e. The van der Waals surface area contributed by atoms with E-state index in [0.717, 1.165) is 43.9 Å². The Labute approximate surface area is 161 Å². The predicted octanol–water partition coefficient (Wildman–Crippen LogP) is 1.83. The van der Waals surface area contributed by atoms with Gasteiger partial charge >= 0.3 is 0 Å². The topological polar surface area (TPSA) is 60.4 Å². The third-order valence-corrected chi connectivity index (χ3v) is 6.59. The molecular weight excluding hydrogens is 346 g/mol. The Hall–Kier alpha value is -1.18. The minimum atomic E-state index is -0.652. The molecule has 1 aromatic carbocycles. The Kier molecular flexibility index (Phi) is 5.71. The zero-order valence-corrected chi connectivity index (χ0v) is 16.4. The van der Waals surface area contributed by atoms with Crippen LogP contribution >= 0.6 is 0 Å². The second-order valence-electron chi connectivity index (χ2n) is 8.06. The number of benzene rings is 1. The van der Waals surface area contributed by atoms with Crippen LogP contribution in [0.3, 0.4) is 0 Å². The molecule has 6 heteroatoms. The van der Waals surface area contributed by atoms with Gasteiger partial charge in [0.25, 0.3) is 0 Å². The van der Waals surface area contributed by atoms with E-state index in [9.17, 15) is 5.11 Å². The highest BCUT2D eigenvalue weighted by molar-refractivity contribution is 5.37. The first-order valence-electron chi connectivity index (χ1n) is 9.92. The van der Waals surface area contributed by atoms with Gasteiger partial charge in [0.1, 0.15) is 5.75 Å². The summed E-state index contributed by atoms with van der Waals surface area (Å²) < 4.78 is 22.3. The number of hydrogen-bond acceptors (Lipinski definition) is 6. The number of rotatable bonds is 5. The molecule has 1 N–H and O–H groups in total. The van der Waals surface area contributed by atoms with E-state index in [2.05, 4.69) is 17.0 Å². The maximum absolute atomic E-state index is 11.4. The number of ether oxygens (including phenoxy) is 4. The molecule has 27 heavy (non-hydrogen) atoms. The van der Waals surface area contributed by atoms with E-state index < -0.39 is 5.60 Å². The molecule has 0 aromatic heterocycles. The van der Waals surface area contributed by atoms with Gasteiger partial charge < -0.3 is 24.1 Å². The van der Waals surface area contributed by atoms with Crippen LogP contribution in [0.4, 0.5) is 0 Å². The van der Waals surface area contributed by atoms with Crippen LogP contribution in [0.25, 0.3) is 0 Å². The second-order valence-corrected chi connectivity index (χ2v) is 8.06. The van der Waals surface area contributed by atoms with Crippen molar-refractivity contribution in [2.24, 2.45) is 11.8 Å². The molecule has 0 unspecified atom stereocenters. The second kappa shape index (κ2) is 8.05. The van der Waals surface area contributed by atoms with Gasteiger partial charge in [-0.25, -0.2) is 0 Å². The van der Waals surface area contributed by atoms with Crippen LogP contribution < -0.4 is 4.74 Å². The van der Waals surface area contributed by atoms with E-state index in [-0.39, 0.29) is 11.8 Å². The Morgan fingerprint density at radius 3 is 2.89 bits per heavy atom. The fourth-order valence-corrected chi connectivity index (χ4v) is 5.18. The molecule has 4 atom stereocenters. The number of likely N-dealkylation sites (tertiary alicyclic amines) is 1. The standard InChI is InChI=1S/C21H31NO5/c1-24-12-16-9-15(3-4-20(16)25-2)10-22-11-17-13-27-8-6-21(17,23)18-14-26-7-5-19(18)22/h3-4,9,17-19,23H,5-8,10-14H2,1-2H3/t17-,18+,19-,21-/m1/s1. The van der Waals surface area contributed by atoms with Crippen LogP contribution in [-0.2, 0) is 27.4 Å². The smallest absolute Gasteiger partial charge is 0.124 e. The van der Waals surface area contributed by atoms with Gasteiger partial charge in [0.2, 0.25) is 0 Å². The van der Waals surface area contributed by atoms with E-state index >= 15 is 0 Å². The SMILES string of the molecule is COCc1cc(CN2C[C@@H]3COCC[C@]3(O)[C@H]3COCC[C@H]32)ccc1OC. The molecular formula is C21H31NO5. The van der Waals surface area contributed by atoms with Crippen molar-refractivity contribution in [1.82, 2.24) is 4.90 Å². The zero-order chi connectivity index (χ0) is 18.9. The summed E-state index contributed by atoms with van der Waals surface area (Å²) in [6.45, 7) is 4.95. The molecule has 6 nitrogen and oxygen atoms in total. The van der Waals surface area contributed by atoms with Crippen LogP contribution in [-0.4, -0.2) is 68.8 Å². The lowest BCUT2D eigenvalue weighted by molar-refractivity contribution is -0.221. The van der Waals surface area contributed by atoms with Gasteiger partial charge in [0.15, 0.2) is 0 Å². The molecule has 150 valence electrons. The maximum Gasteiger partial charge on any atom is 0.124 e. The van der Waals surface area contributed by atoms with Gasteiger partial charge in [-0.2, -0.15) is 0 Å². The normalized spacial score (nSPS) is 34.0. The average molecular weight is 377 g/mol. The third-order valence-electron chi connectivity index (χ3n) is 6.59. The molecule has 3 aliphatic heterocycles. The first kappa shape index (κ1) is 19.2. The van der Waals surface area contributed by atoms with Gasteiger partial charge in [0, 0.05) is 63.3 Å². The van der Waals surface area contributed by atoms with Crippen molar-refractivity contribution >= 4 is 0 Å². The number of hydrogen-bond donors (Lipinski definition) is 1. The molecule has 3 aliphatic rings. The molecule has 3 heterocycles. The van der Waals surface area contributed by atoms with Gasteiger partial charge in [-0.1, -0.05) is 6.07 Å². The minimum absolute atomic E-state index is 0.144. The summed E-state index contributed by atoms with van der Waals surface area (Å²) in [6.07, 6.45) is 1.69.